The van der Waals surface area contributed by atoms with Gasteiger partial charge >= 0.3 is 5.97 Å². The Kier molecular flexibility index (Phi) is 2.57. The molecule has 2 unspecified atom stereocenters. The number of carbonyl (C=O) groups is 1. The first-order chi connectivity index (χ1) is 7.51. The van der Waals surface area contributed by atoms with Crippen molar-refractivity contribution in [2.75, 3.05) is 6.61 Å². The van der Waals surface area contributed by atoms with Gasteiger partial charge in [-0.2, -0.15) is 0 Å². The zero-order chi connectivity index (χ0) is 11.8. The Morgan fingerprint density at radius 3 is 2.50 bits per heavy atom. The summed E-state index contributed by atoms with van der Waals surface area (Å²) >= 11 is 0. The van der Waals surface area contributed by atoms with Crippen molar-refractivity contribution in [3.63, 3.8) is 0 Å². The van der Waals surface area contributed by atoms with Gasteiger partial charge in [-0.15, -0.1) is 0 Å². The highest BCUT2D eigenvalue weighted by atomic mass is 16.5. The van der Waals surface area contributed by atoms with Crippen LogP contribution in [0.4, 0.5) is 0 Å². The van der Waals surface area contributed by atoms with Crippen molar-refractivity contribution < 1.29 is 24.9 Å². The molecule has 5 heteroatoms. The van der Waals surface area contributed by atoms with E-state index in [4.69, 9.17) is 14.9 Å². The van der Waals surface area contributed by atoms with Gasteiger partial charge in [0.1, 0.15) is 5.75 Å². The molecule has 0 amide bonds. The summed E-state index contributed by atoms with van der Waals surface area (Å²) in [5.41, 5.74) is -1.06. The molecule has 0 saturated carbocycles. The molecule has 1 aromatic carbocycles. The molecule has 1 aliphatic heterocycles. The molecule has 1 fully saturated rings. The Hall–Kier alpha value is -1.59. The van der Waals surface area contributed by atoms with Crippen LogP contribution in [0.2, 0.25) is 0 Å². The van der Waals surface area contributed by atoms with Gasteiger partial charge in [0.15, 0.2) is 5.60 Å². The maximum atomic E-state index is 10.8. The van der Waals surface area contributed by atoms with E-state index in [1.165, 1.54) is 12.1 Å². The number of aromatic hydroxyl groups is 1. The van der Waals surface area contributed by atoms with Crippen LogP contribution in [0.1, 0.15) is 18.1 Å². The number of hydrogen-bond acceptors (Lipinski definition) is 4. The summed E-state index contributed by atoms with van der Waals surface area (Å²) < 4.78 is 5.24. The number of benzene rings is 1. The quantitative estimate of drug-likeness (QED) is 0.687. The van der Waals surface area contributed by atoms with Crippen LogP contribution in [-0.4, -0.2) is 33.5 Å². The molecule has 5 nitrogen and oxygen atoms in total. The highest BCUT2D eigenvalue weighted by Crippen LogP contribution is 2.35. The number of rotatable bonds is 2. The Balaban J connectivity index is 2.15. The van der Waals surface area contributed by atoms with Crippen LogP contribution >= 0.6 is 0 Å². The van der Waals surface area contributed by atoms with Gasteiger partial charge in [-0.3, -0.25) is 0 Å². The van der Waals surface area contributed by atoms with Gasteiger partial charge in [0.2, 0.25) is 0 Å². The molecule has 3 N–H and O–H groups in total. The van der Waals surface area contributed by atoms with Gasteiger partial charge in [-0.25, -0.2) is 4.79 Å². The minimum Gasteiger partial charge on any atom is -0.508 e. The Bertz CT molecular complexity index is 399. The second-order valence-corrected chi connectivity index (χ2v) is 3.93. The first-order valence-corrected chi connectivity index (χ1v) is 4.87. The number of aliphatic carboxylic acids is 1. The molecule has 0 aliphatic carbocycles. The van der Waals surface area contributed by atoms with Gasteiger partial charge in [-0.1, -0.05) is 12.1 Å². The number of carboxylic acids is 1. The fraction of sp³-hybridized carbons (Fsp3) is 0.364. The van der Waals surface area contributed by atoms with Crippen LogP contribution in [0, 0.1) is 0 Å². The van der Waals surface area contributed by atoms with Crippen molar-refractivity contribution in [3.05, 3.63) is 29.8 Å². The monoisotopic (exact) mass is 224 g/mol. The number of carboxylic acid groups (broad SMARTS) is 1. The number of phenolic OH excluding ortho intramolecular Hbond substituents is 1. The number of ether oxygens (including phenoxy) is 1. The van der Waals surface area contributed by atoms with E-state index in [0.29, 0.717) is 0 Å². The lowest BCUT2D eigenvalue weighted by atomic mass is 9.97. The molecular weight excluding hydrogens is 212 g/mol. The molecule has 1 aliphatic rings. The van der Waals surface area contributed by atoms with Crippen LogP contribution in [-0.2, 0) is 9.53 Å². The second-order valence-electron chi connectivity index (χ2n) is 3.93. The summed E-state index contributed by atoms with van der Waals surface area (Å²) in [4.78, 5) is 10.8. The molecule has 0 bridgehead atoms. The van der Waals surface area contributed by atoms with Crippen molar-refractivity contribution in [2.24, 2.45) is 0 Å². The third-order valence-corrected chi connectivity index (χ3v) is 2.71. The highest BCUT2D eigenvalue weighted by molar-refractivity contribution is 5.77. The maximum absolute atomic E-state index is 10.8. The lowest BCUT2D eigenvalue weighted by molar-refractivity contribution is -0.158. The van der Waals surface area contributed by atoms with Crippen LogP contribution < -0.4 is 0 Å². The number of phenols is 1. The van der Waals surface area contributed by atoms with Crippen molar-refractivity contribution >= 4 is 5.97 Å². The Labute approximate surface area is 91.9 Å². The fourth-order valence-corrected chi connectivity index (χ4v) is 1.72. The largest absolute Gasteiger partial charge is 0.508 e. The van der Waals surface area contributed by atoms with E-state index in [-0.39, 0.29) is 18.8 Å². The zero-order valence-corrected chi connectivity index (χ0v) is 8.46. The molecule has 2 atom stereocenters. The van der Waals surface area contributed by atoms with Crippen LogP contribution in [0.3, 0.4) is 0 Å². The van der Waals surface area contributed by atoms with E-state index in [0.717, 1.165) is 5.56 Å². The van der Waals surface area contributed by atoms with Crippen LogP contribution in [0.15, 0.2) is 24.3 Å². The van der Waals surface area contributed by atoms with E-state index in [9.17, 15) is 9.90 Å². The van der Waals surface area contributed by atoms with E-state index in [2.05, 4.69) is 0 Å². The highest BCUT2D eigenvalue weighted by Gasteiger charge is 2.45. The van der Waals surface area contributed by atoms with Crippen molar-refractivity contribution in [2.45, 2.75) is 18.1 Å². The third-order valence-electron chi connectivity index (χ3n) is 2.71. The first kappa shape index (κ1) is 10.9. The topological polar surface area (TPSA) is 87.0 Å². The molecule has 16 heavy (non-hydrogen) atoms. The maximum Gasteiger partial charge on any atom is 0.338 e. The van der Waals surface area contributed by atoms with E-state index < -0.39 is 17.7 Å². The molecule has 1 aromatic rings. The van der Waals surface area contributed by atoms with Gasteiger partial charge in [-0.05, 0) is 17.7 Å². The Morgan fingerprint density at radius 1 is 1.38 bits per heavy atom. The van der Waals surface area contributed by atoms with Gasteiger partial charge in [0, 0.05) is 6.42 Å². The molecule has 1 saturated heterocycles. The molecule has 86 valence electrons. The average molecular weight is 224 g/mol. The van der Waals surface area contributed by atoms with Gasteiger partial charge in [0.25, 0.3) is 0 Å². The SMILES string of the molecule is O=C(O)C1(O)COC(c2ccc(O)cc2)C1. The van der Waals surface area contributed by atoms with E-state index in [1.54, 1.807) is 12.1 Å². The van der Waals surface area contributed by atoms with Crippen molar-refractivity contribution in [1.82, 2.24) is 0 Å². The fourth-order valence-electron chi connectivity index (χ4n) is 1.72. The van der Waals surface area contributed by atoms with Crippen LogP contribution in [0.25, 0.3) is 0 Å². The predicted molar refractivity (Wildman–Crippen MR) is 54.0 cm³/mol. The summed E-state index contributed by atoms with van der Waals surface area (Å²) in [6.45, 7) is -0.214. The normalized spacial score (nSPS) is 29.2. The molecular formula is C11H12O5. The molecule has 0 aromatic heterocycles. The third kappa shape index (κ3) is 1.87. The van der Waals surface area contributed by atoms with Gasteiger partial charge in [0.05, 0.1) is 12.7 Å². The molecule has 0 radical (unpaired) electrons. The first-order valence-electron chi connectivity index (χ1n) is 4.87. The summed E-state index contributed by atoms with van der Waals surface area (Å²) in [6, 6.07) is 6.29. The summed E-state index contributed by atoms with van der Waals surface area (Å²) in [7, 11) is 0. The summed E-state index contributed by atoms with van der Waals surface area (Å²) in [5, 5.41) is 27.6. The number of aliphatic hydroxyl groups is 1. The predicted octanol–water partition coefficient (Wildman–Crippen LogP) is 0.669. The van der Waals surface area contributed by atoms with Crippen molar-refractivity contribution in [3.8, 4) is 5.75 Å². The average Bonchev–Trinajstić information content (AvgIpc) is 2.63. The summed E-state index contributed by atoms with van der Waals surface area (Å²) in [6.07, 6.45) is -0.422. The zero-order valence-electron chi connectivity index (χ0n) is 8.46. The van der Waals surface area contributed by atoms with Crippen LogP contribution in [0.5, 0.6) is 5.75 Å². The van der Waals surface area contributed by atoms with E-state index >= 15 is 0 Å². The Morgan fingerprint density at radius 2 is 2.00 bits per heavy atom. The molecule has 1 heterocycles. The standard InChI is InChI=1S/C11H12O5/c12-8-3-1-7(2-4-8)9-5-11(15,6-16-9)10(13)14/h1-4,9,12,15H,5-6H2,(H,13,14). The molecule has 0 spiro atoms. The molecule has 2 rings (SSSR count). The van der Waals surface area contributed by atoms with E-state index in [1.807, 2.05) is 0 Å². The lowest BCUT2D eigenvalue weighted by Gasteiger charge is -2.14. The second kappa shape index (κ2) is 3.77. The summed E-state index contributed by atoms with van der Waals surface area (Å²) in [5.74, 6) is -1.14. The minimum atomic E-state index is -1.80. The minimum absolute atomic E-state index is 0.0209. The van der Waals surface area contributed by atoms with Crippen molar-refractivity contribution in [1.29, 1.82) is 0 Å². The van der Waals surface area contributed by atoms with Gasteiger partial charge < -0.3 is 20.1 Å². The smallest absolute Gasteiger partial charge is 0.338 e. The lowest BCUT2D eigenvalue weighted by Crippen LogP contribution is -2.38. The number of hydrogen-bond donors (Lipinski definition) is 3.